The summed E-state index contributed by atoms with van der Waals surface area (Å²) in [6, 6.07) is 4.07. The highest BCUT2D eigenvalue weighted by Crippen LogP contribution is 2.26. The molecule has 0 atom stereocenters. The van der Waals surface area contributed by atoms with Crippen molar-refractivity contribution in [3.05, 3.63) is 28.2 Å². The van der Waals surface area contributed by atoms with Gasteiger partial charge in [0.15, 0.2) is 9.84 Å². The molecule has 0 aliphatic heterocycles. The molecule has 0 fully saturated rings. The fourth-order valence-electron chi connectivity index (χ4n) is 1.22. The number of hydrogen-bond donors (Lipinski definition) is 1. The van der Waals surface area contributed by atoms with Crippen LogP contribution in [0.25, 0.3) is 0 Å². The van der Waals surface area contributed by atoms with Crippen molar-refractivity contribution in [2.75, 3.05) is 5.75 Å². The third-order valence-corrected chi connectivity index (χ3v) is 4.59. The van der Waals surface area contributed by atoms with E-state index >= 15 is 0 Å². The first-order valence-electron chi connectivity index (χ1n) is 4.52. The Labute approximate surface area is 105 Å². The topological polar surface area (TPSA) is 54.4 Å². The molecule has 6 heteroatoms. The van der Waals surface area contributed by atoms with Gasteiger partial charge in [-0.25, -0.2) is 8.42 Å². The highest BCUT2D eigenvalue weighted by atomic mass is 35.5. The maximum atomic E-state index is 11.8. The first-order chi connectivity index (χ1) is 7.12. The molecule has 0 aliphatic rings. The molecule has 0 bridgehead atoms. The van der Waals surface area contributed by atoms with Gasteiger partial charge in [-0.05, 0) is 32.0 Å². The van der Waals surface area contributed by atoms with Gasteiger partial charge in [-0.15, -0.1) is 0 Å². The van der Waals surface area contributed by atoms with Crippen LogP contribution in [0.3, 0.4) is 0 Å². The average molecular weight is 283 g/mol. The van der Waals surface area contributed by atoms with Crippen LogP contribution in [-0.2, 0) is 9.84 Å². The minimum Gasteiger partial charge on any atom is -0.389 e. The lowest BCUT2D eigenvalue weighted by molar-refractivity contribution is 0.105. The standard InChI is InChI=1S/C10H12Cl2O3S/c1-10(2,13)6-16(14,15)7-3-4-8(11)9(12)5-7/h3-5,13H,6H2,1-2H3. The molecule has 0 heterocycles. The molecule has 3 nitrogen and oxygen atoms in total. The predicted molar refractivity (Wildman–Crippen MR) is 64.8 cm³/mol. The molecule has 1 rings (SSSR count). The van der Waals surface area contributed by atoms with Crippen LogP contribution in [0.4, 0.5) is 0 Å². The van der Waals surface area contributed by atoms with Crippen LogP contribution in [-0.4, -0.2) is 24.9 Å². The SMILES string of the molecule is CC(C)(O)CS(=O)(=O)c1ccc(Cl)c(Cl)c1. The first-order valence-corrected chi connectivity index (χ1v) is 6.93. The fourth-order valence-corrected chi connectivity index (χ4v) is 3.25. The highest BCUT2D eigenvalue weighted by molar-refractivity contribution is 7.91. The third kappa shape index (κ3) is 3.63. The van der Waals surface area contributed by atoms with Crippen molar-refractivity contribution in [2.24, 2.45) is 0 Å². The Balaban J connectivity index is 3.13. The van der Waals surface area contributed by atoms with Crippen LogP contribution in [0.15, 0.2) is 23.1 Å². The second kappa shape index (κ2) is 4.53. The van der Waals surface area contributed by atoms with E-state index in [1.54, 1.807) is 0 Å². The van der Waals surface area contributed by atoms with Crippen molar-refractivity contribution < 1.29 is 13.5 Å². The van der Waals surface area contributed by atoms with E-state index in [0.717, 1.165) is 0 Å². The van der Waals surface area contributed by atoms with Crippen molar-refractivity contribution in [1.82, 2.24) is 0 Å². The third-order valence-electron chi connectivity index (χ3n) is 1.79. The Morgan fingerprint density at radius 1 is 1.25 bits per heavy atom. The molecule has 1 aromatic rings. The summed E-state index contributed by atoms with van der Waals surface area (Å²) in [5, 5.41) is 9.97. The van der Waals surface area contributed by atoms with Crippen LogP contribution in [0.2, 0.25) is 10.0 Å². The second-order valence-electron chi connectivity index (χ2n) is 4.15. The van der Waals surface area contributed by atoms with Crippen molar-refractivity contribution in [3.8, 4) is 0 Å². The minimum atomic E-state index is -3.55. The minimum absolute atomic E-state index is 0.0593. The zero-order valence-corrected chi connectivity index (χ0v) is 11.2. The number of benzene rings is 1. The Hall–Kier alpha value is -0.290. The van der Waals surface area contributed by atoms with Crippen LogP contribution in [0.1, 0.15) is 13.8 Å². The summed E-state index contributed by atoms with van der Waals surface area (Å²) in [7, 11) is -3.55. The quantitative estimate of drug-likeness (QED) is 0.927. The van der Waals surface area contributed by atoms with E-state index in [-0.39, 0.29) is 15.7 Å². The van der Waals surface area contributed by atoms with Gasteiger partial charge in [-0.2, -0.15) is 0 Å². The Kier molecular flexibility index (Phi) is 3.90. The van der Waals surface area contributed by atoms with Crippen LogP contribution >= 0.6 is 23.2 Å². The molecule has 1 aromatic carbocycles. The maximum Gasteiger partial charge on any atom is 0.181 e. The smallest absolute Gasteiger partial charge is 0.181 e. The van der Waals surface area contributed by atoms with Crippen LogP contribution in [0, 0.1) is 0 Å². The number of sulfone groups is 1. The number of halogens is 2. The number of aliphatic hydroxyl groups is 1. The molecular formula is C10H12Cl2O3S. The monoisotopic (exact) mass is 282 g/mol. The summed E-state index contributed by atoms with van der Waals surface area (Å²) >= 11 is 11.4. The average Bonchev–Trinajstić information content (AvgIpc) is 2.05. The van der Waals surface area contributed by atoms with Crippen molar-refractivity contribution in [1.29, 1.82) is 0 Å². The summed E-state index contributed by atoms with van der Waals surface area (Å²) in [5.41, 5.74) is -1.29. The number of hydrogen-bond acceptors (Lipinski definition) is 3. The van der Waals surface area contributed by atoms with Gasteiger partial charge in [0.1, 0.15) is 0 Å². The normalized spacial score (nSPS) is 12.8. The Morgan fingerprint density at radius 3 is 2.25 bits per heavy atom. The molecule has 16 heavy (non-hydrogen) atoms. The van der Waals surface area contributed by atoms with Gasteiger partial charge >= 0.3 is 0 Å². The first kappa shape index (κ1) is 13.8. The zero-order valence-electron chi connectivity index (χ0n) is 8.87. The second-order valence-corrected chi connectivity index (χ2v) is 6.95. The van der Waals surface area contributed by atoms with E-state index in [2.05, 4.69) is 0 Å². The van der Waals surface area contributed by atoms with Gasteiger partial charge in [0, 0.05) is 0 Å². The number of rotatable bonds is 3. The maximum absolute atomic E-state index is 11.8. The molecule has 0 saturated heterocycles. The van der Waals surface area contributed by atoms with E-state index in [4.69, 9.17) is 23.2 Å². The lowest BCUT2D eigenvalue weighted by atomic mass is 10.2. The molecule has 0 unspecified atom stereocenters. The summed E-state index contributed by atoms with van der Waals surface area (Å²) in [4.78, 5) is 0.0593. The molecule has 0 aromatic heterocycles. The van der Waals surface area contributed by atoms with Gasteiger partial charge in [0.05, 0.1) is 26.3 Å². The molecule has 1 N–H and O–H groups in total. The van der Waals surface area contributed by atoms with E-state index in [1.165, 1.54) is 32.0 Å². The molecule has 0 amide bonds. The summed E-state index contributed by atoms with van der Waals surface area (Å²) in [6.45, 7) is 2.87. The summed E-state index contributed by atoms with van der Waals surface area (Å²) in [5.74, 6) is -0.363. The van der Waals surface area contributed by atoms with E-state index in [1.807, 2.05) is 0 Å². The van der Waals surface area contributed by atoms with Gasteiger partial charge in [0.2, 0.25) is 0 Å². The van der Waals surface area contributed by atoms with Gasteiger partial charge in [-0.1, -0.05) is 23.2 Å². The highest BCUT2D eigenvalue weighted by Gasteiger charge is 2.25. The van der Waals surface area contributed by atoms with Gasteiger partial charge in [0.25, 0.3) is 0 Å². The lowest BCUT2D eigenvalue weighted by Crippen LogP contribution is -2.30. The zero-order chi connectivity index (χ0) is 12.6. The van der Waals surface area contributed by atoms with Gasteiger partial charge < -0.3 is 5.11 Å². The summed E-state index contributed by atoms with van der Waals surface area (Å²) < 4.78 is 23.7. The van der Waals surface area contributed by atoms with Crippen molar-refractivity contribution in [3.63, 3.8) is 0 Å². The fraction of sp³-hybridized carbons (Fsp3) is 0.400. The summed E-state index contributed by atoms with van der Waals surface area (Å²) in [6.07, 6.45) is 0. The Bertz CT molecular complexity index is 489. The molecular weight excluding hydrogens is 271 g/mol. The van der Waals surface area contributed by atoms with E-state index in [9.17, 15) is 13.5 Å². The largest absolute Gasteiger partial charge is 0.389 e. The van der Waals surface area contributed by atoms with E-state index < -0.39 is 15.4 Å². The van der Waals surface area contributed by atoms with Crippen LogP contribution < -0.4 is 0 Å². The van der Waals surface area contributed by atoms with Crippen LogP contribution in [0.5, 0.6) is 0 Å². The molecule has 0 radical (unpaired) electrons. The van der Waals surface area contributed by atoms with E-state index in [0.29, 0.717) is 5.02 Å². The predicted octanol–water partition coefficient (Wildman–Crippen LogP) is 2.54. The van der Waals surface area contributed by atoms with Gasteiger partial charge in [-0.3, -0.25) is 0 Å². The molecule has 90 valence electrons. The van der Waals surface area contributed by atoms with Crippen molar-refractivity contribution in [2.45, 2.75) is 24.3 Å². The lowest BCUT2D eigenvalue weighted by Gasteiger charge is -2.17. The molecule has 0 aliphatic carbocycles. The van der Waals surface area contributed by atoms with Crippen molar-refractivity contribution >= 4 is 33.0 Å². The molecule has 0 saturated carbocycles. The Morgan fingerprint density at radius 2 is 1.81 bits per heavy atom. The molecule has 0 spiro atoms.